The molecule has 4 aliphatic carbocycles. The number of carbonyl (C=O) groups is 2. The fourth-order valence-electron chi connectivity index (χ4n) is 8.20. The van der Waals surface area contributed by atoms with Crippen LogP contribution in [-0.4, -0.2) is 26.0 Å². The number of alkyl halides is 1. The van der Waals surface area contributed by atoms with Crippen molar-refractivity contribution >= 4 is 45.9 Å². The Balaban J connectivity index is 1.53. The van der Waals surface area contributed by atoms with Gasteiger partial charge in [0.1, 0.15) is 11.6 Å². The molecule has 4 heteroatoms. The molecule has 2 bridgehead atoms. The van der Waals surface area contributed by atoms with Crippen molar-refractivity contribution in [3.8, 4) is 0 Å². The Labute approximate surface area is 169 Å². The Kier molecular flexibility index (Phi) is 3.84. The van der Waals surface area contributed by atoms with Gasteiger partial charge in [0.25, 0.3) is 0 Å². The average molecular weight is 472 g/mol. The zero-order chi connectivity index (χ0) is 17.6. The lowest BCUT2D eigenvalue weighted by Gasteiger charge is -2.62. The summed E-state index contributed by atoms with van der Waals surface area (Å²) < 4.78 is 0.220. The lowest BCUT2D eigenvalue weighted by molar-refractivity contribution is -0.135. The molecule has 0 spiro atoms. The van der Waals surface area contributed by atoms with E-state index in [9.17, 15) is 9.59 Å². The van der Waals surface area contributed by atoms with E-state index in [0.717, 1.165) is 43.4 Å². The van der Waals surface area contributed by atoms with Crippen LogP contribution >= 0.6 is 34.4 Å². The van der Waals surface area contributed by atoms with Gasteiger partial charge in [-0.15, -0.1) is 0 Å². The molecule has 1 saturated heterocycles. The molecule has 1 aliphatic heterocycles. The minimum Gasteiger partial charge on any atom is -0.300 e. The molecule has 5 rings (SSSR count). The molecular formula is C21H29IO2S. The maximum Gasteiger partial charge on any atom is 0.134 e. The minimum atomic E-state index is 0.220. The highest BCUT2D eigenvalue weighted by atomic mass is 127. The van der Waals surface area contributed by atoms with E-state index in [0.29, 0.717) is 28.1 Å². The monoisotopic (exact) mass is 472 g/mol. The summed E-state index contributed by atoms with van der Waals surface area (Å²) in [7, 11) is 0. The lowest BCUT2D eigenvalue weighted by Crippen LogP contribution is -2.63. The Morgan fingerprint density at radius 2 is 2.00 bits per heavy atom. The molecule has 4 unspecified atom stereocenters. The van der Waals surface area contributed by atoms with Crippen LogP contribution in [0.5, 0.6) is 0 Å². The molecule has 0 aromatic rings. The maximum absolute atomic E-state index is 12.3. The third-order valence-corrected chi connectivity index (χ3v) is 13.6. The maximum atomic E-state index is 12.3. The summed E-state index contributed by atoms with van der Waals surface area (Å²) in [4.78, 5) is 24.6. The summed E-state index contributed by atoms with van der Waals surface area (Å²) in [5, 5.41) is 0.664. The molecule has 0 amide bonds. The molecule has 5 aliphatic rings. The van der Waals surface area contributed by atoms with Crippen molar-refractivity contribution in [2.24, 2.45) is 34.5 Å². The Hall–Kier alpha value is 0.420. The predicted octanol–water partition coefficient (Wildman–Crippen LogP) is 5.07. The van der Waals surface area contributed by atoms with Gasteiger partial charge in [-0.3, -0.25) is 9.59 Å². The fourth-order valence-corrected chi connectivity index (χ4v) is 12.6. The molecule has 4 saturated carbocycles. The van der Waals surface area contributed by atoms with Crippen LogP contribution in [0.3, 0.4) is 0 Å². The smallest absolute Gasteiger partial charge is 0.134 e. The van der Waals surface area contributed by atoms with Crippen molar-refractivity contribution < 1.29 is 9.59 Å². The van der Waals surface area contributed by atoms with Crippen LogP contribution in [0.25, 0.3) is 0 Å². The first kappa shape index (κ1) is 17.5. The fraction of sp³-hybridized carbons (Fsp3) is 0.905. The number of hydrogen-bond acceptors (Lipinski definition) is 3. The quantitative estimate of drug-likeness (QED) is 0.395. The Morgan fingerprint density at radius 1 is 1.20 bits per heavy atom. The van der Waals surface area contributed by atoms with Gasteiger partial charge in [-0.1, -0.05) is 29.5 Å². The van der Waals surface area contributed by atoms with Crippen LogP contribution in [0.2, 0.25) is 0 Å². The first-order valence-electron chi connectivity index (χ1n) is 10.1. The number of thioether (sulfide) groups is 1. The van der Waals surface area contributed by atoms with Crippen LogP contribution in [0.15, 0.2) is 0 Å². The SMILES string of the molecule is CC(=O)[C@H]1CCC2C3C[C@H]4SC[C@@]5(CCC(=O)C[C@]45I)C3CCC21C. The van der Waals surface area contributed by atoms with Gasteiger partial charge in [-0.05, 0) is 74.0 Å². The van der Waals surface area contributed by atoms with Crippen molar-refractivity contribution in [1.82, 2.24) is 0 Å². The summed E-state index contributed by atoms with van der Waals surface area (Å²) in [6.07, 6.45) is 9.01. The first-order valence-corrected chi connectivity index (χ1v) is 12.3. The summed E-state index contributed by atoms with van der Waals surface area (Å²) in [5.41, 5.74) is 0.652. The van der Waals surface area contributed by atoms with Crippen LogP contribution < -0.4 is 0 Å². The number of halogens is 1. The van der Waals surface area contributed by atoms with Crippen molar-refractivity contribution in [3.63, 3.8) is 0 Å². The van der Waals surface area contributed by atoms with Crippen molar-refractivity contribution in [2.75, 3.05) is 5.75 Å². The predicted molar refractivity (Wildman–Crippen MR) is 110 cm³/mol. The van der Waals surface area contributed by atoms with Gasteiger partial charge in [0.05, 0.1) is 0 Å². The van der Waals surface area contributed by atoms with Gasteiger partial charge in [0.2, 0.25) is 0 Å². The molecule has 138 valence electrons. The van der Waals surface area contributed by atoms with E-state index < -0.39 is 0 Å². The lowest BCUT2D eigenvalue weighted by atomic mass is 9.44. The number of Topliss-reactive ketones (excluding diaryl/α,β-unsaturated/α-hetero) is 2. The molecule has 0 N–H and O–H groups in total. The van der Waals surface area contributed by atoms with Gasteiger partial charge in [0, 0.05) is 33.2 Å². The van der Waals surface area contributed by atoms with E-state index >= 15 is 0 Å². The number of ketones is 2. The van der Waals surface area contributed by atoms with Crippen LogP contribution in [-0.2, 0) is 9.59 Å². The van der Waals surface area contributed by atoms with Gasteiger partial charge in [-0.2, -0.15) is 11.8 Å². The summed E-state index contributed by atoms with van der Waals surface area (Å²) in [6, 6.07) is 0. The third-order valence-electron chi connectivity index (χ3n) is 9.31. The van der Waals surface area contributed by atoms with Crippen molar-refractivity contribution in [2.45, 2.75) is 73.9 Å². The Morgan fingerprint density at radius 3 is 2.76 bits per heavy atom. The van der Waals surface area contributed by atoms with E-state index in [2.05, 4.69) is 41.3 Å². The number of carbonyl (C=O) groups excluding carboxylic acids is 2. The molecule has 2 nitrogen and oxygen atoms in total. The topological polar surface area (TPSA) is 34.1 Å². The highest BCUT2D eigenvalue weighted by molar-refractivity contribution is 14.1. The molecule has 0 radical (unpaired) electrons. The summed E-state index contributed by atoms with van der Waals surface area (Å²) >= 11 is 4.93. The van der Waals surface area contributed by atoms with E-state index in [1.54, 1.807) is 0 Å². The van der Waals surface area contributed by atoms with Gasteiger partial charge < -0.3 is 0 Å². The highest BCUT2D eigenvalue weighted by Crippen LogP contribution is 2.75. The normalized spacial score (nSPS) is 56.9. The van der Waals surface area contributed by atoms with E-state index in [-0.39, 0.29) is 8.84 Å². The molecule has 0 aromatic carbocycles. The Bertz CT molecular complexity index is 650. The van der Waals surface area contributed by atoms with Gasteiger partial charge >= 0.3 is 0 Å². The zero-order valence-corrected chi connectivity index (χ0v) is 18.3. The molecule has 5 fully saturated rings. The second-order valence-corrected chi connectivity index (χ2v) is 13.0. The highest BCUT2D eigenvalue weighted by Gasteiger charge is 2.71. The van der Waals surface area contributed by atoms with Crippen LogP contribution in [0, 0.1) is 34.5 Å². The number of fused-ring (bicyclic) bond motifs is 3. The summed E-state index contributed by atoms with van der Waals surface area (Å²) in [5.74, 6) is 4.88. The number of rotatable bonds is 1. The van der Waals surface area contributed by atoms with Crippen molar-refractivity contribution in [1.29, 1.82) is 0 Å². The molecular weight excluding hydrogens is 443 g/mol. The third kappa shape index (κ3) is 2.05. The largest absolute Gasteiger partial charge is 0.300 e. The van der Waals surface area contributed by atoms with Gasteiger partial charge in [-0.25, -0.2) is 0 Å². The summed E-state index contributed by atoms with van der Waals surface area (Å²) in [6.45, 7) is 4.27. The second kappa shape index (κ2) is 5.48. The molecule has 8 atom stereocenters. The zero-order valence-electron chi connectivity index (χ0n) is 15.4. The van der Waals surface area contributed by atoms with Gasteiger partial charge in [0.15, 0.2) is 0 Å². The average Bonchev–Trinajstić information content (AvgIpc) is 2.97. The van der Waals surface area contributed by atoms with E-state index in [1.165, 1.54) is 31.4 Å². The van der Waals surface area contributed by atoms with Crippen LogP contribution in [0.1, 0.15) is 65.2 Å². The van der Waals surface area contributed by atoms with Crippen LogP contribution in [0.4, 0.5) is 0 Å². The molecule has 0 aromatic heterocycles. The number of hydrogen-bond donors (Lipinski definition) is 0. The minimum absolute atomic E-state index is 0.220. The van der Waals surface area contributed by atoms with E-state index in [1.807, 2.05) is 6.92 Å². The standard InChI is InChI=1S/C21H29IO2S/c1-12(23)15-3-4-16-14-9-18-21(22)10-13(24)5-8-20(21,11-25-18)17(14)6-7-19(15,16)2/h14-18H,3-11H2,1-2H3/t14?,15-,16?,17?,18-,19?,20+,21+/m1/s1. The second-order valence-electron chi connectivity index (χ2n) is 9.93. The molecule has 25 heavy (non-hydrogen) atoms. The molecule has 1 heterocycles. The first-order chi connectivity index (χ1) is 11.8. The van der Waals surface area contributed by atoms with Crippen molar-refractivity contribution in [3.05, 3.63) is 0 Å². The van der Waals surface area contributed by atoms with E-state index in [4.69, 9.17) is 0 Å².